The van der Waals surface area contributed by atoms with E-state index in [0.29, 0.717) is 0 Å². The van der Waals surface area contributed by atoms with E-state index in [1.165, 1.54) is 0 Å². The molecule has 5 heteroatoms. The third-order valence-corrected chi connectivity index (χ3v) is 1.89. The van der Waals surface area contributed by atoms with Crippen molar-refractivity contribution in [3.63, 3.8) is 0 Å². The van der Waals surface area contributed by atoms with Crippen molar-refractivity contribution in [1.82, 2.24) is 0 Å². The molecule has 1 aromatic carbocycles. The van der Waals surface area contributed by atoms with E-state index < -0.39 is 17.8 Å². The SMILES string of the molecule is Fc1cc(Cl)c(C(F)F)cc1Cl. The molecule has 12 heavy (non-hydrogen) atoms. The first kappa shape index (κ1) is 9.68. The molecule has 0 fully saturated rings. The first-order valence-corrected chi connectivity index (χ1v) is 3.70. The highest BCUT2D eigenvalue weighted by molar-refractivity contribution is 6.33. The van der Waals surface area contributed by atoms with E-state index in [1.54, 1.807) is 0 Å². The smallest absolute Gasteiger partial charge is 0.205 e. The lowest BCUT2D eigenvalue weighted by Crippen LogP contribution is -1.88. The Balaban J connectivity index is 3.23. The minimum atomic E-state index is -2.74. The van der Waals surface area contributed by atoms with E-state index in [4.69, 9.17) is 23.2 Å². The largest absolute Gasteiger partial charge is 0.265 e. The standard InChI is InChI=1S/C7H3Cl2F3/c8-4-2-6(10)5(9)1-3(4)7(11)12/h1-2,7H. The molecule has 0 heterocycles. The highest BCUT2D eigenvalue weighted by atomic mass is 35.5. The molecule has 0 radical (unpaired) electrons. The lowest BCUT2D eigenvalue weighted by atomic mass is 10.2. The van der Waals surface area contributed by atoms with Gasteiger partial charge in [-0.2, -0.15) is 0 Å². The predicted octanol–water partition coefficient (Wildman–Crippen LogP) is 4.07. The number of alkyl halides is 2. The zero-order valence-electron chi connectivity index (χ0n) is 5.62. The van der Waals surface area contributed by atoms with Gasteiger partial charge in [-0.15, -0.1) is 0 Å². The molecule has 0 aliphatic heterocycles. The number of benzene rings is 1. The Hall–Kier alpha value is -0.410. The summed E-state index contributed by atoms with van der Waals surface area (Å²) in [6.45, 7) is 0. The maximum atomic E-state index is 12.6. The maximum absolute atomic E-state index is 12.6. The molecule has 0 N–H and O–H groups in total. The van der Waals surface area contributed by atoms with Crippen molar-refractivity contribution in [3.05, 3.63) is 33.6 Å². The van der Waals surface area contributed by atoms with Gasteiger partial charge in [0.05, 0.1) is 10.0 Å². The Labute approximate surface area is 76.9 Å². The second kappa shape index (κ2) is 3.54. The summed E-state index contributed by atoms with van der Waals surface area (Å²) in [7, 11) is 0. The average molecular weight is 215 g/mol. The molecule has 0 saturated carbocycles. The first-order valence-electron chi connectivity index (χ1n) is 2.95. The van der Waals surface area contributed by atoms with E-state index in [-0.39, 0.29) is 10.0 Å². The van der Waals surface area contributed by atoms with Gasteiger partial charge in [-0.05, 0) is 12.1 Å². The molecule has 1 aromatic rings. The van der Waals surface area contributed by atoms with Crippen LogP contribution in [0.15, 0.2) is 12.1 Å². The molecular weight excluding hydrogens is 212 g/mol. The fourth-order valence-corrected chi connectivity index (χ4v) is 1.11. The molecular formula is C7H3Cl2F3. The molecule has 0 amide bonds. The summed E-state index contributed by atoms with van der Waals surface area (Å²) in [6, 6.07) is 1.59. The van der Waals surface area contributed by atoms with Crippen molar-refractivity contribution < 1.29 is 13.2 Å². The summed E-state index contributed by atoms with van der Waals surface area (Å²) in [4.78, 5) is 0. The Bertz CT molecular complexity index is 299. The highest BCUT2D eigenvalue weighted by Crippen LogP contribution is 2.31. The minimum Gasteiger partial charge on any atom is -0.205 e. The number of rotatable bonds is 1. The van der Waals surface area contributed by atoms with Crippen LogP contribution in [0.5, 0.6) is 0 Å². The van der Waals surface area contributed by atoms with Crippen LogP contribution in [0.25, 0.3) is 0 Å². The van der Waals surface area contributed by atoms with Crippen LogP contribution in [0.2, 0.25) is 10.0 Å². The third-order valence-electron chi connectivity index (χ3n) is 1.27. The number of hydrogen-bond acceptors (Lipinski definition) is 0. The Morgan fingerprint density at radius 2 is 1.67 bits per heavy atom. The normalized spacial score (nSPS) is 10.8. The summed E-state index contributed by atoms with van der Waals surface area (Å²) in [6.07, 6.45) is -2.74. The van der Waals surface area contributed by atoms with Gasteiger partial charge in [0.25, 0.3) is 6.43 Å². The topological polar surface area (TPSA) is 0 Å². The molecule has 0 unspecified atom stereocenters. The van der Waals surface area contributed by atoms with Crippen molar-refractivity contribution in [2.45, 2.75) is 6.43 Å². The summed E-state index contributed by atoms with van der Waals surface area (Å²) in [5.74, 6) is -0.800. The molecule has 0 nitrogen and oxygen atoms in total. The number of halogens is 5. The van der Waals surface area contributed by atoms with Crippen molar-refractivity contribution in [2.24, 2.45) is 0 Å². The predicted molar refractivity (Wildman–Crippen MR) is 41.4 cm³/mol. The van der Waals surface area contributed by atoms with E-state index >= 15 is 0 Å². The zero-order chi connectivity index (χ0) is 9.30. The maximum Gasteiger partial charge on any atom is 0.265 e. The van der Waals surface area contributed by atoms with E-state index in [0.717, 1.165) is 12.1 Å². The van der Waals surface area contributed by atoms with Crippen LogP contribution in [-0.4, -0.2) is 0 Å². The van der Waals surface area contributed by atoms with Crippen molar-refractivity contribution in [3.8, 4) is 0 Å². The lowest BCUT2D eigenvalue weighted by molar-refractivity contribution is 0.151. The van der Waals surface area contributed by atoms with E-state index in [1.807, 2.05) is 0 Å². The fraction of sp³-hybridized carbons (Fsp3) is 0.143. The molecule has 0 aromatic heterocycles. The second-order valence-electron chi connectivity index (χ2n) is 2.09. The Morgan fingerprint density at radius 3 is 2.17 bits per heavy atom. The summed E-state index contributed by atoms with van der Waals surface area (Å²) >= 11 is 10.6. The van der Waals surface area contributed by atoms with E-state index in [9.17, 15) is 13.2 Å². The van der Waals surface area contributed by atoms with Crippen molar-refractivity contribution in [2.75, 3.05) is 0 Å². The fourth-order valence-electron chi connectivity index (χ4n) is 0.705. The molecule has 0 atom stereocenters. The van der Waals surface area contributed by atoms with Gasteiger partial charge in [0.1, 0.15) is 5.82 Å². The van der Waals surface area contributed by atoms with Gasteiger partial charge >= 0.3 is 0 Å². The van der Waals surface area contributed by atoms with Gasteiger partial charge in [-0.1, -0.05) is 23.2 Å². The first-order chi connectivity index (χ1) is 5.52. The molecule has 0 bridgehead atoms. The molecule has 0 saturated heterocycles. The monoisotopic (exact) mass is 214 g/mol. The van der Waals surface area contributed by atoms with E-state index in [2.05, 4.69) is 0 Å². The Kier molecular flexibility index (Phi) is 2.85. The molecule has 0 aliphatic rings. The van der Waals surface area contributed by atoms with Crippen LogP contribution in [0.1, 0.15) is 12.0 Å². The minimum absolute atomic E-state index is 0.313. The van der Waals surface area contributed by atoms with Gasteiger partial charge in [0.2, 0.25) is 0 Å². The van der Waals surface area contributed by atoms with Crippen LogP contribution in [-0.2, 0) is 0 Å². The lowest BCUT2D eigenvalue weighted by Gasteiger charge is -2.03. The van der Waals surface area contributed by atoms with Gasteiger partial charge in [-0.3, -0.25) is 0 Å². The third kappa shape index (κ3) is 1.84. The average Bonchev–Trinajstić information content (AvgIpc) is 1.96. The van der Waals surface area contributed by atoms with Crippen LogP contribution >= 0.6 is 23.2 Å². The molecule has 1 rings (SSSR count). The highest BCUT2D eigenvalue weighted by Gasteiger charge is 2.14. The second-order valence-corrected chi connectivity index (χ2v) is 2.90. The molecule has 66 valence electrons. The van der Waals surface area contributed by atoms with Gasteiger partial charge < -0.3 is 0 Å². The van der Waals surface area contributed by atoms with Crippen LogP contribution in [0.3, 0.4) is 0 Å². The van der Waals surface area contributed by atoms with Crippen LogP contribution in [0.4, 0.5) is 13.2 Å². The number of hydrogen-bond donors (Lipinski definition) is 0. The Morgan fingerprint density at radius 1 is 1.08 bits per heavy atom. The molecule has 0 aliphatic carbocycles. The summed E-state index contributed by atoms with van der Waals surface area (Å²) < 4.78 is 36.7. The quantitative estimate of drug-likeness (QED) is 0.619. The van der Waals surface area contributed by atoms with Gasteiger partial charge in [0.15, 0.2) is 0 Å². The van der Waals surface area contributed by atoms with Crippen LogP contribution < -0.4 is 0 Å². The molecule has 0 spiro atoms. The van der Waals surface area contributed by atoms with Crippen molar-refractivity contribution in [1.29, 1.82) is 0 Å². The zero-order valence-corrected chi connectivity index (χ0v) is 7.13. The summed E-state index contributed by atoms with van der Waals surface area (Å²) in [5.41, 5.74) is -0.455. The van der Waals surface area contributed by atoms with Gasteiger partial charge in [-0.25, -0.2) is 13.2 Å². The van der Waals surface area contributed by atoms with Gasteiger partial charge in [0, 0.05) is 5.56 Å². The summed E-state index contributed by atoms with van der Waals surface area (Å²) in [5, 5.41) is -0.665. The van der Waals surface area contributed by atoms with Crippen LogP contribution in [0, 0.1) is 5.82 Å². The van der Waals surface area contributed by atoms with Crippen molar-refractivity contribution >= 4 is 23.2 Å².